The van der Waals surface area contributed by atoms with Crippen molar-refractivity contribution in [2.45, 2.75) is 24.8 Å². The summed E-state index contributed by atoms with van der Waals surface area (Å²) in [4.78, 5) is 3.83. The number of rotatable bonds is 9. The zero-order chi connectivity index (χ0) is 14.1. The van der Waals surface area contributed by atoms with Crippen LogP contribution >= 0.6 is 0 Å². The summed E-state index contributed by atoms with van der Waals surface area (Å²) in [5, 5.41) is -0.105. The number of aromatic nitrogens is 1. The van der Waals surface area contributed by atoms with E-state index >= 15 is 0 Å². The van der Waals surface area contributed by atoms with Crippen molar-refractivity contribution >= 4 is 15.7 Å². The van der Waals surface area contributed by atoms with E-state index in [1.54, 1.807) is 12.1 Å². The molecule has 0 fully saturated rings. The number of nitrogen functional groups attached to an aromatic ring is 1. The maximum Gasteiger partial charge on any atom is 0.260 e. The van der Waals surface area contributed by atoms with Gasteiger partial charge in [-0.25, -0.2) is 18.1 Å². The van der Waals surface area contributed by atoms with Crippen molar-refractivity contribution in [1.82, 2.24) is 9.71 Å². The van der Waals surface area contributed by atoms with E-state index in [4.69, 9.17) is 10.6 Å². The minimum atomic E-state index is -3.65. The van der Waals surface area contributed by atoms with Crippen molar-refractivity contribution in [2.75, 3.05) is 25.2 Å². The summed E-state index contributed by atoms with van der Waals surface area (Å²) in [6, 6.07) is 3.15. The van der Waals surface area contributed by atoms with Crippen LogP contribution in [0.15, 0.2) is 23.4 Å². The van der Waals surface area contributed by atoms with E-state index in [-0.39, 0.29) is 10.7 Å². The smallest absolute Gasteiger partial charge is 0.260 e. The summed E-state index contributed by atoms with van der Waals surface area (Å²) in [6.07, 6.45) is 2.96. The highest BCUT2D eigenvalue weighted by Gasteiger charge is 2.18. The minimum Gasteiger partial charge on any atom is -0.381 e. The van der Waals surface area contributed by atoms with Gasteiger partial charge in [-0.3, -0.25) is 5.84 Å². The van der Waals surface area contributed by atoms with E-state index in [9.17, 15) is 8.42 Å². The lowest BCUT2D eigenvalue weighted by Crippen LogP contribution is -2.27. The molecule has 1 aromatic rings. The Bertz CT molecular complexity index is 479. The molecule has 108 valence electrons. The second-order valence-corrected chi connectivity index (χ2v) is 5.55. The van der Waals surface area contributed by atoms with Crippen LogP contribution in [-0.4, -0.2) is 33.2 Å². The van der Waals surface area contributed by atoms with Crippen molar-refractivity contribution < 1.29 is 13.2 Å². The zero-order valence-corrected chi connectivity index (χ0v) is 11.7. The second-order valence-electron chi connectivity index (χ2n) is 3.86. The number of nitrogens with zero attached hydrogens (tertiary/aromatic N) is 1. The SMILES string of the molecule is CCCOCCCNS(=O)(=O)c1ncccc1NN. The Balaban J connectivity index is 2.52. The molecular weight excluding hydrogens is 268 g/mol. The number of nitrogens with two attached hydrogens (primary N) is 1. The number of pyridine rings is 1. The number of hydrogen-bond acceptors (Lipinski definition) is 6. The Labute approximate surface area is 113 Å². The van der Waals surface area contributed by atoms with Gasteiger partial charge >= 0.3 is 0 Å². The van der Waals surface area contributed by atoms with Crippen molar-refractivity contribution in [1.29, 1.82) is 0 Å². The van der Waals surface area contributed by atoms with E-state index in [0.717, 1.165) is 6.42 Å². The van der Waals surface area contributed by atoms with Gasteiger partial charge in [0.25, 0.3) is 10.0 Å². The fourth-order valence-electron chi connectivity index (χ4n) is 1.41. The molecule has 1 heterocycles. The van der Waals surface area contributed by atoms with E-state index in [1.165, 1.54) is 6.20 Å². The van der Waals surface area contributed by atoms with Crippen LogP contribution in [0.1, 0.15) is 19.8 Å². The summed E-state index contributed by atoms with van der Waals surface area (Å²) in [5.41, 5.74) is 2.57. The first-order valence-corrected chi connectivity index (χ1v) is 7.59. The molecule has 0 unspecified atom stereocenters. The van der Waals surface area contributed by atoms with Gasteiger partial charge in [0.1, 0.15) is 0 Å². The maximum atomic E-state index is 12.0. The summed E-state index contributed by atoms with van der Waals surface area (Å²) in [7, 11) is -3.65. The molecule has 0 aliphatic rings. The van der Waals surface area contributed by atoms with Crippen LogP contribution in [0.4, 0.5) is 5.69 Å². The molecule has 0 radical (unpaired) electrons. The quantitative estimate of drug-likeness (QED) is 0.346. The molecule has 0 amide bonds. The molecule has 1 rings (SSSR count). The second kappa shape index (κ2) is 8.05. The lowest BCUT2D eigenvalue weighted by Gasteiger charge is -2.09. The van der Waals surface area contributed by atoms with E-state index < -0.39 is 10.0 Å². The number of sulfonamides is 1. The Morgan fingerprint density at radius 3 is 2.89 bits per heavy atom. The number of ether oxygens (including phenoxy) is 1. The standard InChI is InChI=1S/C11H20N4O3S/c1-2-8-18-9-4-7-14-19(16,17)11-10(15-12)5-3-6-13-11/h3,5-6,14-15H,2,4,7-9,12H2,1H3. The molecule has 0 aliphatic heterocycles. The van der Waals surface area contributed by atoms with Crippen LogP contribution in [-0.2, 0) is 14.8 Å². The van der Waals surface area contributed by atoms with E-state index in [2.05, 4.69) is 15.1 Å². The first-order valence-electron chi connectivity index (χ1n) is 6.11. The predicted molar refractivity (Wildman–Crippen MR) is 73.0 cm³/mol. The molecule has 0 aromatic carbocycles. The first-order chi connectivity index (χ1) is 9.11. The molecule has 4 N–H and O–H groups in total. The molecule has 0 atom stereocenters. The highest BCUT2D eigenvalue weighted by molar-refractivity contribution is 7.89. The van der Waals surface area contributed by atoms with Gasteiger partial charge in [-0.15, -0.1) is 0 Å². The van der Waals surface area contributed by atoms with Crippen LogP contribution in [0, 0.1) is 0 Å². The molecule has 0 saturated carbocycles. The number of nitrogens with one attached hydrogen (secondary N) is 2. The highest BCUT2D eigenvalue weighted by Crippen LogP contribution is 2.15. The maximum absolute atomic E-state index is 12.0. The number of hydrazine groups is 1. The Hall–Kier alpha value is -1.22. The van der Waals surface area contributed by atoms with Crippen LogP contribution in [0.25, 0.3) is 0 Å². The zero-order valence-electron chi connectivity index (χ0n) is 10.9. The van der Waals surface area contributed by atoms with Crippen molar-refractivity contribution in [3.63, 3.8) is 0 Å². The minimum absolute atomic E-state index is 0.105. The molecular formula is C11H20N4O3S. The average Bonchev–Trinajstić information content (AvgIpc) is 2.42. The van der Waals surface area contributed by atoms with E-state index in [1.807, 2.05) is 6.92 Å². The predicted octanol–water partition coefficient (Wildman–Crippen LogP) is 0.462. The fourth-order valence-corrected chi connectivity index (χ4v) is 2.58. The normalized spacial score (nSPS) is 11.5. The van der Waals surface area contributed by atoms with Gasteiger partial charge in [0.05, 0.1) is 5.69 Å². The van der Waals surface area contributed by atoms with Gasteiger partial charge in [-0.1, -0.05) is 6.92 Å². The molecule has 0 aliphatic carbocycles. The van der Waals surface area contributed by atoms with Crippen LogP contribution in [0.5, 0.6) is 0 Å². The van der Waals surface area contributed by atoms with Crippen LogP contribution in [0.3, 0.4) is 0 Å². The number of hydrogen-bond donors (Lipinski definition) is 3. The summed E-state index contributed by atoms with van der Waals surface area (Å²) >= 11 is 0. The topological polar surface area (TPSA) is 106 Å². The third-order valence-electron chi connectivity index (χ3n) is 2.29. The third-order valence-corrected chi connectivity index (χ3v) is 3.71. The molecule has 7 nitrogen and oxygen atoms in total. The summed E-state index contributed by atoms with van der Waals surface area (Å²) < 4.78 is 31.7. The Morgan fingerprint density at radius 1 is 1.42 bits per heavy atom. The van der Waals surface area contributed by atoms with Crippen molar-refractivity contribution in [3.05, 3.63) is 18.3 Å². The van der Waals surface area contributed by atoms with Gasteiger partial charge in [0.15, 0.2) is 5.03 Å². The van der Waals surface area contributed by atoms with Crippen LogP contribution in [0.2, 0.25) is 0 Å². The molecule has 8 heteroatoms. The van der Waals surface area contributed by atoms with Crippen molar-refractivity contribution in [2.24, 2.45) is 5.84 Å². The van der Waals surface area contributed by atoms with Gasteiger partial charge < -0.3 is 10.2 Å². The van der Waals surface area contributed by atoms with Gasteiger partial charge in [0, 0.05) is 26.0 Å². The summed E-state index contributed by atoms with van der Waals surface area (Å²) in [5.74, 6) is 5.25. The third kappa shape index (κ3) is 5.11. The van der Waals surface area contributed by atoms with Gasteiger partial charge in [0.2, 0.25) is 0 Å². The van der Waals surface area contributed by atoms with Gasteiger partial charge in [-0.2, -0.15) is 0 Å². The fraction of sp³-hybridized carbons (Fsp3) is 0.545. The Morgan fingerprint density at radius 2 is 2.21 bits per heavy atom. The van der Waals surface area contributed by atoms with Crippen molar-refractivity contribution in [3.8, 4) is 0 Å². The summed E-state index contributed by atoms with van der Waals surface area (Å²) in [6.45, 7) is 3.53. The van der Waals surface area contributed by atoms with E-state index in [0.29, 0.717) is 26.2 Å². The van der Waals surface area contributed by atoms with Crippen LogP contribution < -0.4 is 16.0 Å². The number of anilines is 1. The molecule has 0 bridgehead atoms. The lowest BCUT2D eigenvalue weighted by atomic mass is 10.4. The lowest BCUT2D eigenvalue weighted by molar-refractivity contribution is 0.133. The molecule has 1 aromatic heterocycles. The first kappa shape index (κ1) is 15.8. The molecule has 0 spiro atoms. The monoisotopic (exact) mass is 288 g/mol. The Kier molecular flexibility index (Phi) is 6.71. The molecule has 19 heavy (non-hydrogen) atoms. The van der Waals surface area contributed by atoms with Gasteiger partial charge in [-0.05, 0) is 25.0 Å². The molecule has 0 saturated heterocycles. The average molecular weight is 288 g/mol. The largest absolute Gasteiger partial charge is 0.381 e. The highest BCUT2D eigenvalue weighted by atomic mass is 32.2.